The molecule has 0 aliphatic heterocycles. The lowest BCUT2D eigenvalue weighted by Gasteiger charge is -2.16. The Morgan fingerprint density at radius 3 is 2.19 bits per heavy atom. The van der Waals surface area contributed by atoms with E-state index in [9.17, 15) is 4.79 Å². The van der Waals surface area contributed by atoms with Gasteiger partial charge in [0, 0.05) is 0 Å². The van der Waals surface area contributed by atoms with Crippen molar-refractivity contribution in [2.45, 2.75) is 33.1 Å². The lowest BCUT2D eigenvalue weighted by molar-refractivity contribution is -0.120. The predicted octanol–water partition coefficient (Wildman–Crippen LogP) is 6.46. The zero-order chi connectivity index (χ0) is 20.1. The highest BCUT2D eigenvalue weighted by atomic mass is 35.5. The van der Waals surface area contributed by atoms with Gasteiger partial charge in [0.1, 0.15) is 0 Å². The van der Waals surface area contributed by atoms with Crippen LogP contribution in [0.4, 0.5) is 5.69 Å². The maximum absolute atomic E-state index is 12.5. The normalized spacial score (nSPS) is 12.0. The zero-order valence-electron chi connectivity index (χ0n) is 15.3. The second kappa shape index (κ2) is 9.74. The topological polar surface area (TPSA) is 41.1 Å². The summed E-state index contributed by atoms with van der Waals surface area (Å²) < 4.78 is 0. The second-order valence-electron chi connectivity index (χ2n) is 6.75. The van der Waals surface area contributed by atoms with Crippen molar-refractivity contribution < 1.29 is 4.79 Å². The van der Waals surface area contributed by atoms with Crippen LogP contribution in [0, 0.1) is 5.92 Å². The van der Waals surface area contributed by atoms with Gasteiger partial charge >= 0.3 is 0 Å². The molecule has 1 amide bonds. The summed E-state index contributed by atoms with van der Waals surface area (Å²) in [6.45, 7) is 6.19. The van der Waals surface area contributed by atoms with E-state index in [0.717, 1.165) is 12.0 Å². The average molecular weight is 444 g/mol. The molecule has 7 heteroatoms. The molecule has 0 saturated heterocycles. The van der Waals surface area contributed by atoms with Crippen molar-refractivity contribution in [3.63, 3.8) is 0 Å². The number of anilines is 1. The number of hydrogen-bond acceptors (Lipinski definition) is 2. The molecular weight excluding hydrogens is 423 g/mol. The van der Waals surface area contributed by atoms with Gasteiger partial charge in [-0.25, -0.2) is 0 Å². The van der Waals surface area contributed by atoms with Crippen molar-refractivity contribution in [1.29, 1.82) is 0 Å². The summed E-state index contributed by atoms with van der Waals surface area (Å²) in [6, 6.07) is 11.2. The largest absolute Gasteiger partial charge is 0.331 e. The minimum atomic E-state index is -0.345. The molecule has 2 aromatic rings. The minimum Gasteiger partial charge on any atom is -0.331 e. The predicted molar refractivity (Wildman–Crippen MR) is 119 cm³/mol. The SMILES string of the molecule is CC(C)Cc1ccc(C(C)C(=O)NC(=S)Nc2cc(Cl)c(Cl)cc2Cl)cc1. The van der Waals surface area contributed by atoms with Gasteiger partial charge < -0.3 is 10.6 Å². The summed E-state index contributed by atoms with van der Waals surface area (Å²) in [7, 11) is 0. The number of benzene rings is 2. The van der Waals surface area contributed by atoms with Gasteiger partial charge in [0.25, 0.3) is 0 Å². The molecule has 2 N–H and O–H groups in total. The van der Waals surface area contributed by atoms with Crippen LogP contribution in [0.1, 0.15) is 37.8 Å². The monoisotopic (exact) mass is 442 g/mol. The summed E-state index contributed by atoms with van der Waals surface area (Å²) in [5.41, 5.74) is 2.66. The van der Waals surface area contributed by atoms with E-state index < -0.39 is 0 Å². The highest BCUT2D eigenvalue weighted by Crippen LogP contribution is 2.32. The van der Waals surface area contributed by atoms with Crippen LogP contribution in [-0.2, 0) is 11.2 Å². The number of carbonyl (C=O) groups is 1. The first kappa shape index (κ1) is 22.0. The molecule has 0 saturated carbocycles. The van der Waals surface area contributed by atoms with Crippen LogP contribution in [0.3, 0.4) is 0 Å². The van der Waals surface area contributed by atoms with E-state index in [-0.39, 0.29) is 16.9 Å². The average Bonchev–Trinajstić information content (AvgIpc) is 2.59. The van der Waals surface area contributed by atoms with Crippen LogP contribution >= 0.6 is 47.0 Å². The van der Waals surface area contributed by atoms with Crippen molar-refractivity contribution in [3.8, 4) is 0 Å². The van der Waals surface area contributed by atoms with Gasteiger partial charge in [-0.2, -0.15) is 0 Å². The summed E-state index contributed by atoms with van der Waals surface area (Å²) >= 11 is 23.2. The molecule has 2 aromatic carbocycles. The van der Waals surface area contributed by atoms with Gasteiger partial charge in [-0.1, -0.05) is 72.9 Å². The summed E-state index contributed by atoms with van der Waals surface area (Å²) in [5, 5.41) is 6.74. The minimum absolute atomic E-state index is 0.142. The van der Waals surface area contributed by atoms with Gasteiger partial charge in [-0.3, -0.25) is 4.79 Å². The molecule has 0 aromatic heterocycles. The smallest absolute Gasteiger partial charge is 0.233 e. The second-order valence-corrected chi connectivity index (χ2v) is 8.38. The molecule has 0 aliphatic carbocycles. The number of carbonyl (C=O) groups excluding carboxylic acids is 1. The Morgan fingerprint density at radius 2 is 1.59 bits per heavy atom. The number of nitrogens with one attached hydrogen (secondary N) is 2. The fraction of sp³-hybridized carbons (Fsp3) is 0.300. The number of rotatable bonds is 5. The first-order chi connectivity index (χ1) is 12.7. The molecule has 0 heterocycles. The van der Waals surface area contributed by atoms with Gasteiger partial charge in [0.2, 0.25) is 5.91 Å². The Balaban J connectivity index is 1.99. The first-order valence-corrected chi connectivity index (χ1v) is 10.1. The van der Waals surface area contributed by atoms with E-state index in [2.05, 4.69) is 36.6 Å². The van der Waals surface area contributed by atoms with E-state index in [1.165, 1.54) is 11.6 Å². The highest BCUT2D eigenvalue weighted by molar-refractivity contribution is 7.80. The molecular formula is C20H21Cl3N2OS. The Bertz CT molecular complexity index is 838. The van der Waals surface area contributed by atoms with Crippen molar-refractivity contribution in [2.75, 3.05) is 5.32 Å². The maximum atomic E-state index is 12.5. The number of amides is 1. The molecule has 0 spiro atoms. The third-order valence-electron chi connectivity index (χ3n) is 4.01. The number of hydrogen-bond donors (Lipinski definition) is 2. The Kier molecular flexibility index (Phi) is 7.92. The van der Waals surface area contributed by atoms with Crippen LogP contribution in [0.5, 0.6) is 0 Å². The Labute approximate surface area is 180 Å². The molecule has 1 unspecified atom stereocenters. The lowest BCUT2D eigenvalue weighted by atomic mass is 9.96. The van der Waals surface area contributed by atoms with E-state index >= 15 is 0 Å². The molecule has 1 atom stereocenters. The maximum Gasteiger partial charge on any atom is 0.233 e. The molecule has 2 rings (SSSR count). The molecule has 0 fully saturated rings. The van der Waals surface area contributed by atoms with Crippen LogP contribution in [0.25, 0.3) is 0 Å². The van der Waals surface area contributed by atoms with E-state index in [4.69, 9.17) is 47.0 Å². The quantitative estimate of drug-likeness (QED) is 0.411. The highest BCUT2D eigenvalue weighted by Gasteiger charge is 2.17. The van der Waals surface area contributed by atoms with Gasteiger partial charge in [0.15, 0.2) is 5.11 Å². The van der Waals surface area contributed by atoms with Crippen molar-refractivity contribution in [1.82, 2.24) is 5.32 Å². The van der Waals surface area contributed by atoms with Crippen LogP contribution < -0.4 is 10.6 Å². The third-order valence-corrected chi connectivity index (χ3v) is 5.25. The molecule has 0 aliphatic rings. The van der Waals surface area contributed by atoms with Crippen LogP contribution in [0.2, 0.25) is 15.1 Å². The first-order valence-electron chi connectivity index (χ1n) is 8.52. The molecule has 0 bridgehead atoms. The molecule has 144 valence electrons. The standard InChI is InChI=1S/C20H21Cl3N2OS/c1-11(2)8-13-4-6-14(7-5-13)12(3)19(26)25-20(27)24-18-10-16(22)15(21)9-17(18)23/h4-7,9-12H,8H2,1-3H3,(H2,24,25,26,27). The Hall–Kier alpha value is -1.33. The van der Waals surface area contributed by atoms with Gasteiger partial charge in [-0.15, -0.1) is 0 Å². The van der Waals surface area contributed by atoms with Crippen molar-refractivity contribution in [2.24, 2.45) is 5.92 Å². The van der Waals surface area contributed by atoms with E-state index in [1.54, 1.807) is 6.07 Å². The molecule has 27 heavy (non-hydrogen) atoms. The third kappa shape index (κ3) is 6.35. The van der Waals surface area contributed by atoms with Crippen LogP contribution in [0.15, 0.2) is 36.4 Å². The van der Waals surface area contributed by atoms with E-state index in [0.29, 0.717) is 26.7 Å². The Morgan fingerprint density at radius 1 is 1.00 bits per heavy atom. The number of thiocarbonyl (C=S) groups is 1. The molecule has 0 radical (unpaired) electrons. The van der Waals surface area contributed by atoms with Crippen molar-refractivity contribution >= 4 is 63.7 Å². The summed E-state index contributed by atoms with van der Waals surface area (Å²) in [4.78, 5) is 12.5. The fourth-order valence-electron chi connectivity index (χ4n) is 2.56. The summed E-state index contributed by atoms with van der Waals surface area (Å²) in [5.74, 6) is 0.0376. The molecule has 3 nitrogen and oxygen atoms in total. The lowest BCUT2D eigenvalue weighted by Crippen LogP contribution is -2.36. The summed E-state index contributed by atoms with van der Waals surface area (Å²) in [6.07, 6.45) is 1.01. The van der Waals surface area contributed by atoms with Gasteiger partial charge in [0.05, 0.1) is 26.7 Å². The van der Waals surface area contributed by atoms with E-state index in [1.807, 2.05) is 19.1 Å². The zero-order valence-corrected chi connectivity index (χ0v) is 18.4. The van der Waals surface area contributed by atoms with Gasteiger partial charge in [-0.05, 0) is 54.7 Å². The fourth-order valence-corrected chi connectivity index (χ4v) is 3.36. The van der Waals surface area contributed by atoms with Crippen molar-refractivity contribution in [3.05, 3.63) is 62.6 Å². The number of halogens is 3. The van der Waals surface area contributed by atoms with Crippen LogP contribution in [-0.4, -0.2) is 11.0 Å².